The molecule has 0 bridgehead atoms. The molecular formula is C20H22N2O6S2. The van der Waals surface area contributed by atoms with Crippen molar-refractivity contribution in [3.8, 4) is 21.9 Å². The van der Waals surface area contributed by atoms with Gasteiger partial charge in [0.2, 0.25) is 11.8 Å². The number of amides is 2. The third kappa shape index (κ3) is 4.88. The quantitative estimate of drug-likeness (QED) is 0.618. The van der Waals surface area contributed by atoms with E-state index in [0.717, 1.165) is 10.4 Å². The third-order valence-corrected chi connectivity index (χ3v) is 6.40. The Morgan fingerprint density at radius 3 is 2.57 bits per heavy atom. The van der Waals surface area contributed by atoms with Crippen LogP contribution in [-0.2, 0) is 14.3 Å². The molecule has 1 fully saturated rings. The van der Waals surface area contributed by atoms with Gasteiger partial charge in [-0.1, -0.05) is 0 Å². The summed E-state index contributed by atoms with van der Waals surface area (Å²) in [6, 6.07) is 7.13. The summed E-state index contributed by atoms with van der Waals surface area (Å²) in [5, 5.41) is 2.75. The Hall–Kier alpha value is -2.72. The molecule has 8 nitrogen and oxygen atoms in total. The lowest BCUT2D eigenvalue weighted by atomic mass is 10.1. The van der Waals surface area contributed by atoms with Gasteiger partial charge in [0.25, 0.3) is 0 Å². The predicted molar refractivity (Wildman–Crippen MR) is 116 cm³/mol. The van der Waals surface area contributed by atoms with Gasteiger partial charge in [-0.2, -0.15) is 0 Å². The zero-order valence-electron chi connectivity index (χ0n) is 16.9. The van der Waals surface area contributed by atoms with Crippen LogP contribution in [0.1, 0.15) is 16.6 Å². The number of hydrogen-bond acceptors (Lipinski definition) is 8. The fourth-order valence-corrected chi connectivity index (χ4v) is 4.78. The van der Waals surface area contributed by atoms with Crippen molar-refractivity contribution in [3.05, 3.63) is 29.1 Å². The highest BCUT2D eigenvalue weighted by atomic mass is 32.2. The second kappa shape index (κ2) is 9.86. The number of nitrogens with one attached hydrogen (secondary N) is 1. The van der Waals surface area contributed by atoms with Crippen molar-refractivity contribution in [2.75, 3.05) is 44.3 Å². The molecule has 1 aliphatic rings. The summed E-state index contributed by atoms with van der Waals surface area (Å²) in [6.45, 7) is 1.88. The van der Waals surface area contributed by atoms with Gasteiger partial charge in [0.1, 0.15) is 11.4 Å². The molecule has 0 spiro atoms. The highest BCUT2D eigenvalue weighted by Gasteiger charge is 2.25. The van der Waals surface area contributed by atoms with Gasteiger partial charge in [0.05, 0.1) is 38.1 Å². The van der Waals surface area contributed by atoms with Crippen molar-refractivity contribution in [1.82, 2.24) is 4.90 Å². The molecule has 1 aromatic carbocycles. The lowest BCUT2D eigenvalue weighted by Gasteiger charge is -2.14. The van der Waals surface area contributed by atoms with Crippen molar-refractivity contribution in [1.29, 1.82) is 0 Å². The maximum Gasteiger partial charge on any atom is 0.350 e. The number of hydrogen-bond donors (Lipinski definition) is 1. The van der Waals surface area contributed by atoms with Crippen molar-refractivity contribution in [2.24, 2.45) is 0 Å². The van der Waals surface area contributed by atoms with Gasteiger partial charge in [0, 0.05) is 4.88 Å². The zero-order valence-corrected chi connectivity index (χ0v) is 18.5. The van der Waals surface area contributed by atoms with Crippen molar-refractivity contribution in [3.63, 3.8) is 0 Å². The minimum Gasteiger partial charge on any atom is -0.493 e. The summed E-state index contributed by atoms with van der Waals surface area (Å²) in [5.74, 6) is 1.05. The van der Waals surface area contributed by atoms with Crippen LogP contribution in [0, 0.1) is 0 Å². The van der Waals surface area contributed by atoms with Crippen molar-refractivity contribution >= 4 is 46.6 Å². The molecule has 160 valence electrons. The molecule has 1 aliphatic heterocycles. The van der Waals surface area contributed by atoms with Gasteiger partial charge in [-0.05, 0) is 36.8 Å². The van der Waals surface area contributed by atoms with Crippen LogP contribution < -0.4 is 14.8 Å². The average molecular weight is 451 g/mol. The Kier molecular flexibility index (Phi) is 7.22. The van der Waals surface area contributed by atoms with E-state index in [9.17, 15) is 14.4 Å². The number of ether oxygens (including phenoxy) is 3. The Morgan fingerprint density at radius 2 is 1.93 bits per heavy atom. The van der Waals surface area contributed by atoms with E-state index in [0.29, 0.717) is 28.8 Å². The number of nitrogens with zero attached hydrogens (tertiary/aromatic N) is 1. The second-order valence-corrected chi connectivity index (χ2v) is 8.27. The molecule has 0 saturated carbocycles. The van der Waals surface area contributed by atoms with Gasteiger partial charge in [-0.15, -0.1) is 23.1 Å². The normalized spacial score (nSPS) is 13.3. The van der Waals surface area contributed by atoms with Gasteiger partial charge >= 0.3 is 5.97 Å². The molecule has 1 saturated heterocycles. The highest BCUT2D eigenvalue weighted by Crippen LogP contribution is 2.39. The van der Waals surface area contributed by atoms with Crippen molar-refractivity contribution in [2.45, 2.75) is 6.92 Å². The number of carbonyl (C=O) groups excluding carboxylic acids is 3. The first kappa shape index (κ1) is 22.0. The zero-order chi connectivity index (χ0) is 21.7. The molecule has 2 amide bonds. The first-order chi connectivity index (χ1) is 14.5. The van der Waals surface area contributed by atoms with Crippen LogP contribution in [0.3, 0.4) is 0 Å². The average Bonchev–Trinajstić information content (AvgIpc) is 3.34. The fraction of sp³-hybridized carbons (Fsp3) is 0.350. The summed E-state index contributed by atoms with van der Waals surface area (Å²) < 4.78 is 15.8. The molecule has 0 radical (unpaired) electrons. The van der Waals surface area contributed by atoms with E-state index >= 15 is 0 Å². The van der Waals surface area contributed by atoms with E-state index in [1.807, 2.05) is 6.07 Å². The van der Waals surface area contributed by atoms with Gasteiger partial charge in [-0.3, -0.25) is 9.59 Å². The summed E-state index contributed by atoms with van der Waals surface area (Å²) in [4.78, 5) is 39.2. The Labute approximate surface area is 182 Å². The Balaban J connectivity index is 1.88. The lowest BCUT2D eigenvalue weighted by molar-refractivity contribution is -0.130. The van der Waals surface area contributed by atoms with E-state index in [1.165, 1.54) is 28.0 Å². The largest absolute Gasteiger partial charge is 0.493 e. The molecule has 2 aromatic rings. The van der Waals surface area contributed by atoms with Crippen LogP contribution in [0.15, 0.2) is 24.3 Å². The summed E-state index contributed by atoms with van der Waals surface area (Å²) in [6.07, 6.45) is 0. The number of rotatable bonds is 8. The first-order valence-corrected chi connectivity index (χ1v) is 11.1. The predicted octanol–water partition coefficient (Wildman–Crippen LogP) is 3.08. The molecule has 1 aromatic heterocycles. The molecule has 2 heterocycles. The lowest BCUT2D eigenvalue weighted by Crippen LogP contribution is -2.34. The topological polar surface area (TPSA) is 94.2 Å². The number of thioether (sulfide) groups is 1. The maximum absolute atomic E-state index is 12.5. The number of esters is 1. The van der Waals surface area contributed by atoms with E-state index in [2.05, 4.69) is 5.32 Å². The van der Waals surface area contributed by atoms with Crippen LogP contribution in [-0.4, -0.2) is 61.7 Å². The minimum absolute atomic E-state index is 0.0599. The molecule has 10 heteroatoms. The number of methoxy groups -OCH3 is 2. The molecule has 1 N–H and O–H groups in total. The van der Waals surface area contributed by atoms with Gasteiger partial charge in [-0.25, -0.2) is 4.79 Å². The smallest absolute Gasteiger partial charge is 0.350 e. The highest BCUT2D eigenvalue weighted by molar-refractivity contribution is 8.00. The summed E-state index contributed by atoms with van der Waals surface area (Å²) in [5.41, 5.74) is 1.15. The standard InChI is InChI=1S/C20H22N2O6S2/c1-4-28-20(25)19-13(21-17(23)9-22-11-29-10-18(22)24)8-16(30-19)12-5-6-14(26-2)15(7-12)27-3/h5-8H,4,9-11H2,1-3H3,(H,21,23). The summed E-state index contributed by atoms with van der Waals surface area (Å²) in [7, 11) is 3.10. The number of anilines is 1. The Morgan fingerprint density at radius 1 is 1.17 bits per heavy atom. The number of carbonyl (C=O) groups is 3. The van der Waals surface area contributed by atoms with Gasteiger partial charge < -0.3 is 24.4 Å². The minimum atomic E-state index is -0.516. The Bertz CT molecular complexity index is 959. The van der Waals surface area contributed by atoms with Crippen molar-refractivity contribution < 1.29 is 28.6 Å². The molecule has 0 unspecified atom stereocenters. The molecule has 30 heavy (non-hydrogen) atoms. The van der Waals surface area contributed by atoms with Crippen LogP contribution in [0.2, 0.25) is 0 Å². The van der Waals surface area contributed by atoms with Crippen LogP contribution in [0.5, 0.6) is 11.5 Å². The molecular weight excluding hydrogens is 428 g/mol. The first-order valence-electron chi connectivity index (χ1n) is 9.15. The monoisotopic (exact) mass is 450 g/mol. The number of benzene rings is 1. The van der Waals surface area contributed by atoms with Crippen LogP contribution in [0.25, 0.3) is 10.4 Å². The van der Waals surface area contributed by atoms with Crippen LogP contribution >= 0.6 is 23.1 Å². The maximum atomic E-state index is 12.5. The van der Waals surface area contributed by atoms with Gasteiger partial charge in [0.15, 0.2) is 11.5 Å². The molecule has 0 aliphatic carbocycles. The van der Waals surface area contributed by atoms with E-state index in [1.54, 1.807) is 39.3 Å². The fourth-order valence-electron chi connectivity index (χ4n) is 2.87. The SMILES string of the molecule is CCOC(=O)c1sc(-c2ccc(OC)c(OC)c2)cc1NC(=O)CN1CSCC1=O. The third-order valence-electron chi connectivity index (χ3n) is 4.29. The van der Waals surface area contributed by atoms with E-state index in [4.69, 9.17) is 14.2 Å². The molecule has 3 rings (SSSR count). The van der Waals surface area contributed by atoms with E-state index < -0.39 is 5.97 Å². The summed E-state index contributed by atoms with van der Waals surface area (Å²) >= 11 is 2.67. The second-order valence-electron chi connectivity index (χ2n) is 6.26. The van der Waals surface area contributed by atoms with Crippen LogP contribution in [0.4, 0.5) is 5.69 Å². The molecule has 0 atom stereocenters. The number of thiophene rings is 1. The van der Waals surface area contributed by atoms with E-state index in [-0.39, 0.29) is 29.8 Å².